The normalized spacial score (nSPS) is 49.9. The van der Waals surface area contributed by atoms with Gasteiger partial charge in [0.15, 0.2) is 5.78 Å². The van der Waals surface area contributed by atoms with Crippen LogP contribution in [0.3, 0.4) is 0 Å². The fourth-order valence-corrected chi connectivity index (χ4v) is 8.62. The maximum Gasteiger partial charge on any atom is 0.156 e. The van der Waals surface area contributed by atoms with E-state index in [4.69, 9.17) is 4.11 Å². The fraction of sp³-hybridized carbons (Fsp3) is 0.846. The molecular formula is C26H40N2O2. The Kier molecular flexibility index (Phi) is 4.17. The van der Waals surface area contributed by atoms with Crippen molar-refractivity contribution >= 4 is 5.78 Å². The van der Waals surface area contributed by atoms with Gasteiger partial charge in [0, 0.05) is 21.1 Å². The molecule has 1 N–H and O–H groups in total. The van der Waals surface area contributed by atoms with Crippen LogP contribution in [0, 0.1) is 40.4 Å². The SMILES string of the molecule is [2H]c1nccn1CC(=O)[C@H]1CC[C@H]2[C@@H]3CC[C@H]4C[C@@](O)(C([2H])([2H])C)CC[C@]4(C)[C@H]3CC[C@]12C. The lowest BCUT2D eigenvalue weighted by molar-refractivity contribution is -0.154. The van der Waals surface area contributed by atoms with Gasteiger partial charge in [0.2, 0.25) is 0 Å². The molecule has 30 heavy (non-hydrogen) atoms. The van der Waals surface area contributed by atoms with E-state index in [0.29, 0.717) is 36.5 Å². The minimum absolute atomic E-state index is 0.0422. The second-order valence-corrected chi connectivity index (χ2v) is 11.4. The van der Waals surface area contributed by atoms with Crippen molar-refractivity contribution in [2.45, 2.75) is 97.1 Å². The molecule has 4 aliphatic carbocycles. The second-order valence-electron chi connectivity index (χ2n) is 11.4. The number of Topliss-reactive ketones (excluding diaryl/α,β-unsaturated/α-hetero) is 1. The molecule has 0 aliphatic heterocycles. The molecule has 0 bridgehead atoms. The monoisotopic (exact) mass is 415 g/mol. The number of carbonyl (C=O) groups excluding carboxylic acids is 1. The molecule has 0 radical (unpaired) electrons. The molecule has 166 valence electrons. The minimum atomic E-state index is -1.57. The van der Waals surface area contributed by atoms with Gasteiger partial charge in [-0.15, -0.1) is 0 Å². The van der Waals surface area contributed by atoms with Crippen LogP contribution in [0.2, 0.25) is 0 Å². The molecule has 1 heterocycles. The van der Waals surface area contributed by atoms with Gasteiger partial charge in [-0.25, -0.2) is 4.98 Å². The highest BCUT2D eigenvalue weighted by molar-refractivity contribution is 5.82. The van der Waals surface area contributed by atoms with Crippen molar-refractivity contribution in [3.05, 3.63) is 18.7 Å². The highest BCUT2D eigenvalue weighted by Crippen LogP contribution is 2.68. The second kappa shape index (κ2) is 7.18. The molecule has 4 nitrogen and oxygen atoms in total. The van der Waals surface area contributed by atoms with Gasteiger partial charge in [0.05, 0.1) is 18.4 Å². The van der Waals surface area contributed by atoms with Gasteiger partial charge in [0.1, 0.15) is 1.37 Å². The van der Waals surface area contributed by atoms with Crippen molar-refractivity contribution in [1.29, 1.82) is 0 Å². The summed E-state index contributed by atoms with van der Waals surface area (Å²) < 4.78 is 26.0. The first kappa shape index (κ1) is 17.4. The van der Waals surface area contributed by atoms with Crippen molar-refractivity contribution in [3.63, 3.8) is 0 Å². The predicted molar refractivity (Wildman–Crippen MR) is 118 cm³/mol. The van der Waals surface area contributed by atoms with E-state index in [0.717, 1.165) is 44.9 Å². The lowest BCUT2D eigenvalue weighted by Gasteiger charge is -2.62. The van der Waals surface area contributed by atoms with Crippen molar-refractivity contribution in [1.82, 2.24) is 9.55 Å². The van der Waals surface area contributed by atoms with Crippen molar-refractivity contribution in [3.8, 4) is 0 Å². The van der Waals surface area contributed by atoms with Crippen LogP contribution in [0.25, 0.3) is 0 Å². The zero-order valence-electron chi connectivity index (χ0n) is 21.9. The number of aliphatic hydroxyl groups is 1. The third kappa shape index (κ3) is 3.04. The first-order valence-electron chi connectivity index (χ1n) is 13.6. The standard InChI is InChI=1S/C26H40N2O2/c1-4-26(30)12-11-24(2)18(15-26)5-6-19-20-7-8-22(25(20,3)10-9-21(19)24)23(29)16-28-14-13-27-17-28/h13-14,17-22,30H,4-12,15-16H2,1-3H3/t18-,19-,20-,21-,22+,24-,25-,26+/m0/s1/i4D2,17D. The van der Waals surface area contributed by atoms with Crippen LogP contribution >= 0.6 is 0 Å². The van der Waals surface area contributed by atoms with Crippen molar-refractivity contribution < 1.29 is 14.0 Å². The molecule has 0 saturated heterocycles. The largest absolute Gasteiger partial charge is 0.390 e. The van der Waals surface area contributed by atoms with E-state index in [-0.39, 0.29) is 35.4 Å². The number of hydrogen-bond donors (Lipinski definition) is 1. The predicted octanol–water partition coefficient (Wildman–Crippen LogP) is 5.25. The summed E-state index contributed by atoms with van der Waals surface area (Å²) in [6.07, 6.45) is 10.5. The summed E-state index contributed by atoms with van der Waals surface area (Å²) in [4.78, 5) is 17.3. The molecule has 4 saturated carbocycles. The van der Waals surface area contributed by atoms with E-state index in [1.54, 1.807) is 17.0 Å². The third-order valence-electron chi connectivity index (χ3n) is 10.4. The van der Waals surface area contributed by atoms with Gasteiger partial charge < -0.3 is 9.67 Å². The fourth-order valence-electron chi connectivity index (χ4n) is 8.62. The molecule has 1 aromatic heterocycles. The van der Waals surface area contributed by atoms with Crippen LogP contribution in [0.5, 0.6) is 0 Å². The maximum atomic E-state index is 13.3. The molecule has 5 rings (SSSR count). The van der Waals surface area contributed by atoms with Gasteiger partial charge in [-0.05, 0) is 98.7 Å². The van der Waals surface area contributed by atoms with Crippen molar-refractivity contribution in [2.75, 3.05) is 0 Å². The zero-order chi connectivity index (χ0) is 23.8. The average Bonchev–Trinajstić information content (AvgIpc) is 3.30. The minimum Gasteiger partial charge on any atom is -0.390 e. The molecule has 0 aromatic carbocycles. The van der Waals surface area contributed by atoms with Crippen molar-refractivity contribution in [2.24, 2.45) is 40.4 Å². The quantitative estimate of drug-likeness (QED) is 0.730. The lowest BCUT2D eigenvalue weighted by atomic mass is 9.43. The molecule has 0 unspecified atom stereocenters. The van der Waals surface area contributed by atoms with Crippen LogP contribution in [-0.4, -0.2) is 26.0 Å². The van der Waals surface area contributed by atoms with E-state index in [1.807, 2.05) is 0 Å². The molecule has 1 aromatic rings. The number of fused-ring (bicyclic) bond motifs is 5. The number of imidazole rings is 1. The van der Waals surface area contributed by atoms with E-state index in [9.17, 15) is 9.90 Å². The Hall–Kier alpha value is -1.16. The maximum absolute atomic E-state index is 13.3. The highest BCUT2D eigenvalue weighted by atomic mass is 16.3. The summed E-state index contributed by atoms with van der Waals surface area (Å²) in [6, 6.07) is 0. The number of rotatable bonds is 4. The summed E-state index contributed by atoms with van der Waals surface area (Å²) in [7, 11) is 0. The van der Waals surface area contributed by atoms with Gasteiger partial charge in [-0.2, -0.15) is 0 Å². The first-order valence-corrected chi connectivity index (χ1v) is 12.1. The average molecular weight is 416 g/mol. The number of nitrogens with zero attached hydrogens (tertiary/aromatic N) is 2. The number of aromatic nitrogens is 2. The van der Waals surface area contributed by atoms with Gasteiger partial charge >= 0.3 is 0 Å². The Morgan fingerprint density at radius 1 is 1.17 bits per heavy atom. The lowest BCUT2D eigenvalue weighted by Crippen LogP contribution is -2.56. The summed E-state index contributed by atoms with van der Waals surface area (Å²) in [5, 5.41) is 11.1. The van der Waals surface area contributed by atoms with Crippen LogP contribution in [-0.2, 0) is 11.3 Å². The molecule has 0 spiro atoms. The summed E-state index contributed by atoms with van der Waals surface area (Å²) in [5.41, 5.74) is -0.997. The zero-order valence-corrected chi connectivity index (χ0v) is 18.9. The number of hydrogen-bond acceptors (Lipinski definition) is 3. The Balaban J connectivity index is 1.34. The van der Waals surface area contributed by atoms with E-state index < -0.39 is 12.0 Å². The topological polar surface area (TPSA) is 55.1 Å². The van der Waals surface area contributed by atoms with Crippen LogP contribution in [0.1, 0.15) is 89.0 Å². The van der Waals surface area contributed by atoms with Crippen LogP contribution < -0.4 is 0 Å². The van der Waals surface area contributed by atoms with Gasteiger partial charge in [-0.3, -0.25) is 4.79 Å². The number of ketones is 1. The Labute approximate surface area is 186 Å². The molecular weight excluding hydrogens is 372 g/mol. The summed E-state index contributed by atoms with van der Waals surface area (Å²) in [5.74, 6) is 2.53. The highest BCUT2D eigenvalue weighted by Gasteiger charge is 2.61. The van der Waals surface area contributed by atoms with Gasteiger partial charge in [-0.1, -0.05) is 20.8 Å². The van der Waals surface area contributed by atoms with E-state index in [1.165, 1.54) is 6.92 Å². The van der Waals surface area contributed by atoms with Gasteiger partial charge in [0.25, 0.3) is 0 Å². The molecule has 4 fully saturated rings. The number of carbonyl (C=O) groups is 1. The summed E-state index contributed by atoms with van der Waals surface area (Å²) >= 11 is 0. The third-order valence-corrected chi connectivity index (χ3v) is 10.4. The Bertz CT molecular complexity index is 929. The molecule has 8 atom stereocenters. The smallest absolute Gasteiger partial charge is 0.156 e. The Morgan fingerprint density at radius 3 is 2.70 bits per heavy atom. The van der Waals surface area contributed by atoms with E-state index in [2.05, 4.69) is 18.8 Å². The first-order chi connectivity index (χ1) is 15.4. The molecule has 4 aliphatic rings. The van der Waals surface area contributed by atoms with Crippen LogP contribution in [0.4, 0.5) is 0 Å². The van der Waals surface area contributed by atoms with Crippen LogP contribution in [0.15, 0.2) is 18.7 Å². The summed E-state index contributed by atoms with van der Waals surface area (Å²) in [6.45, 7) is 6.58. The Morgan fingerprint density at radius 2 is 1.97 bits per heavy atom. The van der Waals surface area contributed by atoms with E-state index >= 15 is 0 Å². The molecule has 0 amide bonds. The molecule has 4 heteroatoms.